The van der Waals surface area contributed by atoms with Crippen LogP contribution >= 0.6 is 11.8 Å². The number of hydrogen-bond acceptors (Lipinski definition) is 21. The zero-order valence-corrected chi connectivity index (χ0v) is 54.9. The molecule has 2 saturated carbocycles. The van der Waals surface area contributed by atoms with Gasteiger partial charge in [-0.15, -0.1) is 0 Å². The molecule has 2 aromatic rings. The molecule has 25 heteroatoms. The van der Waals surface area contributed by atoms with E-state index >= 15 is 0 Å². The van der Waals surface area contributed by atoms with E-state index in [9.17, 15) is 14.4 Å². The van der Waals surface area contributed by atoms with Crippen molar-refractivity contribution in [1.82, 2.24) is 26.6 Å². The molecule has 0 bridgehead atoms. The molecule has 24 nitrogen and oxygen atoms in total. The number of fused-ring (bicyclic) bond motifs is 1. The summed E-state index contributed by atoms with van der Waals surface area (Å²) in [7, 11) is 0. The van der Waals surface area contributed by atoms with Gasteiger partial charge in [0.1, 0.15) is 0 Å². The van der Waals surface area contributed by atoms with Crippen molar-refractivity contribution in [1.29, 1.82) is 0 Å². The van der Waals surface area contributed by atoms with Gasteiger partial charge in [-0.25, -0.2) is 4.79 Å². The minimum absolute atomic E-state index is 0.0151. The first kappa shape index (κ1) is 76.3. The maximum Gasteiger partial charge on any atom is 0.315 e. The summed E-state index contributed by atoms with van der Waals surface area (Å²) in [5, 5.41) is 16.1. The molecule has 4 aliphatic rings. The molecule has 6 rings (SSSR count). The molecule has 4 amide bonds. The maximum atomic E-state index is 12.5. The Bertz CT molecular complexity index is 2160. The predicted molar refractivity (Wildman–Crippen MR) is 347 cm³/mol. The number of urea groups is 1. The summed E-state index contributed by atoms with van der Waals surface area (Å²) in [6.45, 7) is 15.0. The number of hydrogen-bond donors (Lipinski definition) is 6. The third-order valence-corrected chi connectivity index (χ3v) is 17.2. The zero-order valence-electron chi connectivity index (χ0n) is 54.1. The normalized spacial score (nSPS) is 20.2. The van der Waals surface area contributed by atoms with Gasteiger partial charge in [0, 0.05) is 61.0 Å². The summed E-state index contributed by atoms with van der Waals surface area (Å²) < 4.78 is 83.2. The first-order valence-electron chi connectivity index (χ1n) is 33.5. The van der Waals surface area contributed by atoms with E-state index in [-0.39, 0.29) is 29.9 Å². The number of nitrogens with one attached hydrogen (secondary N) is 5. The molecule has 0 spiro atoms. The van der Waals surface area contributed by atoms with Crippen LogP contribution in [0.3, 0.4) is 0 Å². The Morgan fingerprint density at radius 2 is 0.901 bits per heavy atom. The largest absolute Gasteiger partial charge is 0.377 e. The molecular weight excluding hydrogens is 1200 g/mol. The van der Waals surface area contributed by atoms with Crippen molar-refractivity contribution in [3.8, 4) is 11.1 Å². The summed E-state index contributed by atoms with van der Waals surface area (Å²) in [5.74, 6) is 1.61. The van der Waals surface area contributed by atoms with E-state index in [0.717, 1.165) is 43.4 Å². The van der Waals surface area contributed by atoms with Crippen molar-refractivity contribution >= 4 is 29.6 Å². The quantitative estimate of drug-likeness (QED) is 0.0400. The van der Waals surface area contributed by atoms with Crippen LogP contribution < -0.4 is 32.3 Å². The highest BCUT2D eigenvalue weighted by atomic mass is 32.2. The molecule has 0 radical (unpaired) electrons. The topological polar surface area (TPSA) is 276 Å². The molecule has 518 valence electrons. The summed E-state index contributed by atoms with van der Waals surface area (Å²) in [4.78, 5) is 36.1. The summed E-state index contributed by atoms with van der Waals surface area (Å²) in [5.41, 5.74) is 11.0. The van der Waals surface area contributed by atoms with Crippen molar-refractivity contribution in [2.45, 2.75) is 112 Å². The first-order chi connectivity index (χ1) is 44.9. The molecule has 0 aromatic heterocycles. The fourth-order valence-electron chi connectivity index (χ4n) is 10.6. The lowest BCUT2D eigenvalue weighted by atomic mass is 9.91. The van der Waals surface area contributed by atoms with Gasteiger partial charge in [-0.1, -0.05) is 55.0 Å². The number of rotatable bonds is 60. The van der Waals surface area contributed by atoms with Crippen LogP contribution in [0.5, 0.6) is 0 Å². The number of thioether (sulfide) groups is 1. The van der Waals surface area contributed by atoms with Gasteiger partial charge in [0.15, 0.2) is 0 Å². The number of unbranched alkanes of at least 4 members (excludes halogenated alkanes) is 1. The first-order valence-corrected chi connectivity index (χ1v) is 34.5. The van der Waals surface area contributed by atoms with Crippen molar-refractivity contribution < 1.29 is 85.4 Å². The molecule has 2 aliphatic heterocycles. The van der Waals surface area contributed by atoms with Crippen LogP contribution in [0.15, 0.2) is 48.5 Å². The average Bonchev–Trinajstić information content (AvgIpc) is 1.76. The molecule has 91 heavy (non-hydrogen) atoms. The lowest BCUT2D eigenvalue weighted by Crippen LogP contribution is -2.38. The van der Waals surface area contributed by atoms with Crippen LogP contribution in [0.4, 0.5) is 4.79 Å². The van der Waals surface area contributed by atoms with E-state index in [1.54, 1.807) is 0 Å². The van der Waals surface area contributed by atoms with Crippen LogP contribution in [0.25, 0.3) is 11.1 Å². The van der Waals surface area contributed by atoms with E-state index in [1.165, 1.54) is 36.0 Å². The Balaban J connectivity index is 0.552. The molecule has 4 fully saturated rings. The van der Waals surface area contributed by atoms with Gasteiger partial charge in [0.2, 0.25) is 11.8 Å². The summed E-state index contributed by atoms with van der Waals surface area (Å²) >= 11 is 1.90. The fraction of sp³-hybridized carbons (Fsp3) is 0.773. The van der Waals surface area contributed by atoms with Crippen LogP contribution in [-0.2, 0) is 87.1 Å². The second-order valence-electron chi connectivity index (χ2n) is 22.8. The standard InChI is InChI=1S/C66H110N6O18S/c67-57-13-15-58(16-14-57)70-60-51-59(60)55-11-9-54(10-12-55)56-5-3-4-53(50-56)8-17-64(74)69-19-21-77-23-25-79-27-29-81-31-33-83-35-37-85-39-41-87-43-45-89-47-49-90-48-46-88-44-42-86-40-38-84-36-34-82-32-30-80-28-26-78-24-22-76-20-18-68-63(73)7-2-1-6-62-65-61(52-91-62)71-66(75)72-65/h3-5,9-12,50,57-62,65,70H,1-2,6-8,13-49,51-52,67H2,(H,68,73)(H,69,74)(H2,71,72,75)/t57?,58?,59-,60+,61-,62-,65-/m0/s1. The lowest BCUT2D eigenvalue weighted by Gasteiger charge is -2.27. The van der Waals surface area contributed by atoms with Gasteiger partial charge in [-0.3, -0.25) is 9.59 Å². The van der Waals surface area contributed by atoms with E-state index in [1.807, 2.05) is 11.8 Å². The number of amides is 4. The highest BCUT2D eigenvalue weighted by Gasteiger charge is 2.43. The Morgan fingerprint density at radius 1 is 0.484 bits per heavy atom. The highest BCUT2D eigenvalue weighted by molar-refractivity contribution is 8.00. The lowest BCUT2D eigenvalue weighted by molar-refractivity contribution is -0.122. The summed E-state index contributed by atoms with van der Waals surface area (Å²) in [6.07, 6.45) is 10.3. The third-order valence-electron chi connectivity index (χ3n) is 15.7. The van der Waals surface area contributed by atoms with Crippen molar-refractivity contribution in [3.05, 3.63) is 59.7 Å². The molecule has 0 unspecified atom stereocenters. The maximum absolute atomic E-state index is 12.5. The van der Waals surface area contributed by atoms with Crippen molar-refractivity contribution in [2.75, 3.05) is 217 Å². The van der Waals surface area contributed by atoms with Gasteiger partial charge in [0.25, 0.3) is 0 Å². The number of benzene rings is 2. The second kappa shape index (κ2) is 50.7. The van der Waals surface area contributed by atoms with E-state index < -0.39 is 0 Å². The molecular formula is C66H110N6O18S. The minimum Gasteiger partial charge on any atom is -0.377 e. The van der Waals surface area contributed by atoms with E-state index in [0.29, 0.717) is 260 Å². The van der Waals surface area contributed by atoms with Gasteiger partial charge in [0.05, 0.1) is 210 Å². The smallest absolute Gasteiger partial charge is 0.315 e. The van der Waals surface area contributed by atoms with Gasteiger partial charge in [-0.2, -0.15) is 11.8 Å². The third kappa shape index (κ3) is 36.7. The fourth-order valence-corrected chi connectivity index (χ4v) is 12.1. The monoisotopic (exact) mass is 1310 g/mol. The SMILES string of the molecule is NC1CCC(N[C@@H]2C[C@H]2c2ccc(-c3cccc(CCC(=O)NCCOCCOCCOCCOCCOCCOCCOCCOCCOCCOCCOCCOCCOCCOCCOCCNC(=O)CCCC[C@@H]4SC[C@@H]5NC(=O)N[C@@H]54)c3)cc2)CC1. The summed E-state index contributed by atoms with van der Waals surface area (Å²) in [6, 6.07) is 19.5. The number of ether oxygens (including phenoxy) is 15. The van der Waals surface area contributed by atoms with Crippen molar-refractivity contribution in [2.24, 2.45) is 5.73 Å². The minimum atomic E-state index is -0.0643. The Morgan fingerprint density at radius 3 is 1.34 bits per heavy atom. The number of carbonyl (C=O) groups is 3. The number of aryl methyl sites for hydroxylation is 1. The molecule has 2 aliphatic carbocycles. The number of nitrogens with two attached hydrogens (primary N) is 1. The molecule has 7 N–H and O–H groups in total. The van der Waals surface area contributed by atoms with Crippen molar-refractivity contribution in [3.63, 3.8) is 0 Å². The van der Waals surface area contributed by atoms with Gasteiger partial charge >= 0.3 is 6.03 Å². The van der Waals surface area contributed by atoms with Crippen LogP contribution in [0.1, 0.15) is 81.3 Å². The van der Waals surface area contributed by atoms with Crippen LogP contribution in [0.2, 0.25) is 0 Å². The van der Waals surface area contributed by atoms with Crippen LogP contribution in [0, 0.1) is 0 Å². The van der Waals surface area contributed by atoms with E-state index in [4.69, 9.17) is 76.8 Å². The Hall–Kier alpha value is -3.68. The van der Waals surface area contributed by atoms with Crippen LogP contribution in [-0.4, -0.2) is 270 Å². The molecule has 2 saturated heterocycles. The Kier molecular flexibility index (Phi) is 42.5. The Labute approximate surface area is 545 Å². The predicted octanol–water partition coefficient (Wildman–Crippen LogP) is 4.21. The van der Waals surface area contributed by atoms with Gasteiger partial charge < -0.3 is 103 Å². The molecule has 2 aromatic carbocycles. The second-order valence-corrected chi connectivity index (χ2v) is 24.1. The van der Waals surface area contributed by atoms with Gasteiger partial charge in [-0.05, 0) is 73.6 Å². The number of carbonyl (C=O) groups excluding carboxylic acids is 3. The molecule has 2 heterocycles. The molecule has 5 atom stereocenters. The zero-order chi connectivity index (χ0) is 63.7. The van der Waals surface area contributed by atoms with E-state index in [2.05, 4.69) is 75.1 Å². The average molecular weight is 1310 g/mol. The highest BCUT2D eigenvalue weighted by Crippen LogP contribution is 2.42.